The first-order chi connectivity index (χ1) is 6.63. The van der Waals surface area contributed by atoms with Gasteiger partial charge in [-0.25, -0.2) is 0 Å². The van der Waals surface area contributed by atoms with Crippen LogP contribution in [0.4, 0.5) is 0 Å². The molecule has 0 spiro atoms. The van der Waals surface area contributed by atoms with E-state index >= 15 is 0 Å². The summed E-state index contributed by atoms with van der Waals surface area (Å²) < 4.78 is 5.52. The van der Waals surface area contributed by atoms with Crippen LogP contribution in [0.3, 0.4) is 0 Å². The predicted octanol–water partition coefficient (Wildman–Crippen LogP) is 2.91. The van der Waals surface area contributed by atoms with E-state index in [2.05, 4.69) is 0 Å². The van der Waals surface area contributed by atoms with Gasteiger partial charge < -0.3 is 10.5 Å². The Morgan fingerprint density at radius 2 is 2.07 bits per heavy atom. The summed E-state index contributed by atoms with van der Waals surface area (Å²) in [5.41, 5.74) is 6.37. The fourth-order valence-electron chi connectivity index (χ4n) is 1.51. The zero-order chi connectivity index (χ0) is 10.3. The Kier molecular flexibility index (Phi) is 2.80. The Bertz CT molecular complexity index is 381. The molecule has 1 heterocycles. The van der Waals surface area contributed by atoms with Crippen molar-refractivity contribution in [3.05, 3.63) is 26.7 Å². The highest BCUT2D eigenvalue weighted by Crippen LogP contribution is 2.43. The van der Waals surface area contributed by atoms with Crippen molar-refractivity contribution < 1.29 is 4.74 Å². The van der Waals surface area contributed by atoms with Gasteiger partial charge in [0.2, 0.25) is 0 Å². The van der Waals surface area contributed by atoms with E-state index in [0.717, 1.165) is 5.56 Å². The van der Waals surface area contributed by atoms with Crippen LogP contribution >= 0.6 is 34.8 Å². The minimum Gasteiger partial charge on any atom is -0.487 e. The zero-order valence-corrected chi connectivity index (χ0v) is 9.46. The average Bonchev–Trinajstić information content (AvgIpc) is 2.58. The first-order valence-electron chi connectivity index (χ1n) is 4.16. The highest BCUT2D eigenvalue weighted by molar-refractivity contribution is 6.44. The quantitative estimate of drug-likeness (QED) is 0.780. The van der Waals surface area contributed by atoms with E-state index in [1.165, 1.54) is 0 Å². The maximum atomic E-state index is 6.02. The summed E-state index contributed by atoms with van der Waals surface area (Å²) in [6.07, 6.45) is 0.628. The molecule has 0 saturated heterocycles. The molecule has 14 heavy (non-hydrogen) atoms. The van der Waals surface area contributed by atoms with E-state index in [-0.39, 0.29) is 6.10 Å². The van der Waals surface area contributed by atoms with Gasteiger partial charge in [-0.05, 0) is 6.07 Å². The molecule has 0 radical (unpaired) electrons. The highest BCUT2D eigenvalue weighted by atomic mass is 35.5. The number of ether oxygens (including phenoxy) is 1. The standard InChI is InChI=1S/C9H8Cl3NO/c10-6-2-7(11)9-5(8(6)12)1-4(3-13)14-9/h2,4H,1,3,13H2. The molecule has 1 aliphatic rings. The van der Waals surface area contributed by atoms with Gasteiger partial charge in [-0.3, -0.25) is 0 Å². The van der Waals surface area contributed by atoms with Crippen LogP contribution < -0.4 is 10.5 Å². The number of rotatable bonds is 1. The lowest BCUT2D eigenvalue weighted by Gasteiger charge is -2.07. The summed E-state index contributed by atoms with van der Waals surface area (Å²) in [5.74, 6) is 0.622. The van der Waals surface area contributed by atoms with Gasteiger partial charge in [-0.1, -0.05) is 34.8 Å². The van der Waals surface area contributed by atoms with E-state index in [0.29, 0.717) is 33.8 Å². The Morgan fingerprint density at radius 3 is 2.71 bits per heavy atom. The minimum atomic E-state index is -0.0431. The fraction of sp³-hybridized carbons (Fsp3) is 0.333. The normalized spacial score (nSPS) is 19.3. The van der Waals surface area contributed by atoms with Crippen LogP contribution in [0.5, 0.6) is 5.75 Å². The third-order valence-electron chi connectivity index (χ3n) is 2.20. The third-order valence-corrected chi connectivity index (χ3v) is 3.31. The molecule has 2 rings (SSSR count). The van der Waals surface area contributed by atoms with Gasteiger partial charge in [-0.15, -0.1) is 0 Å². The maximum Gasteiger partial charge on any atom is 0.143 e. The van der Waals surface area contributed by atoms with Crippen molar-refractivity contribution in [2.45, 2.75) is 12.5 Å². The van der Waals surface area contributed by atoms with Gasteiger partial charge in [0.1, 0.15) is 11.9 Å². The maximum absolute atomic E-state index is 6.02. The Balaban J connectivity index is 2.50. The van der Waals surface area contributed by atoms with E-state index in [1.807, 2.05) is 0 Å². The lowest BCUT2D eigenvalue weighted by Crippen LogP contribution is -2.24. The molecule has 0 aromatic heterocycles. The largest absolute Gasteiger partial charge is 0.487 e. The van der Waals surface area contributed by atoms with Gasteiger partial charge in [0.05, 0.1) is 15.1 Å². The second-order valence-electron chi connectivity index (χ2n) is 3.14. The van der Waals surface area contributed by atoms with Gasteiger partial charge >= 0.3 is 0 Å². The Hall–Kier alpha value is -0.150. The van der Waals surface area contributed by atoms with Crippen molar-refractivity contribution in [1.29, 1.82) is 0 Å². The number of benzene rings is 1. The van der Waals surface area contributed by atoms with Crippen molar-refractivity contribution in [2.24, 2.45) is 5.73 Å². The lowest BCUT2D eigenvalue weighted by atomic mass is 10.1. The molecule has 1 atom stereocenters. The molecule has 0 bridgehead atoms. The molecule has 2 nitrogen and oxygen atoms in total. The second-order valence-corrected chi connectivity index (χ2v) is 4.33. The van der Waals surface area contributed by atoms with Crippen LogP contribution in [0.25, 0.3) is 0 Å². The van der Waals surface area contributed by atoms with Gasteiger partial charge in [-0.2, -0.15) is 0 Å². The SMILES string of the molecule is NCC1Cc2c(Cl)c(Cl)cc(Cl)c2O1. The van der Waals surface area contributed by atoms with Crippen LogP contribution in [0.15, 0.2) is 6.07 Å². The average molecular weight is 253 g/mol. The summed E-state index contributed by atoms with van der Waals surface area (Å²) in [7, 11) is 0. The van der Waals surface area contributed by atoms with Crippen molar-refractivity contribution in [3.8, 4) is 5.75 Å². The van der Waals surface area contributed by atoms with Crippen LogP contribution in [0.1, 0.15) is 5.56 Å². The Morgan fingerprint density at radius 1 is 1.36 bits per heavy atom. The number of fused-ring (bicyclic) bond motifs is 1. The predicted molar refractivity (Wildman–Crippen MR) is 58.6 cm³/mol. The van der Waals surface area contributed by atoms with Crippen LogP contribution in [-0.4, -0.2) is 12.6 Å². The molecular weight excluding hydrogens is 244 g/mol. The summed E-state index contributed by atoms with van der Waals surface area (Å²) >= 11 is 17.9. The second kappa shape index (κ2) is 3.78. The summed E-state index contributed by atoms with van der Waals surface area (Å²) in [6.45, 7) is 0.443. The molecule has 1 aromatic rings. The molecule has 0 saturated carbocycles. The van der Waals surface area contributed by atoms with Gasteiger partial charge in [0.15, 0.2) is 0 Å². The van der Waals surface area contributed by atoms with Crippen molar-refractivity contribution >= 4 is 34.8 Å². The molecule has 0 fully saturated rings. The summed E-state index contributed by atoms with van der Waals surface area (Å²) in [4.78, 5) is 0. The van der Waals surface area contributed by atoms with Gasteiger partial charge in [0, 0.05) is 18.5 Å². The van der Waals surface area contributed by atoms with E-state index in [9.17, 15) is 0 Å². The fourth-order valence-corrected chi connectivity index (χ4v) is 2.27. The molecule has 1 aromatic carbocycles. The smallest absolute Gasteiger partial charge is 0.143 e. The topological polar surface area (TPSA) is 35.2 Å². The van der Waals surface area contributed by atoms with E-state index in [4.69, 9.17) is 45.3 Å². The molecule has 5 heteroatoms. The molecular formula is C9H8Cl3NO. The molecule has 0 amide bonds. The van der Waals surface area contributed by atoms with E-state index < -0.39 is 0 Å². The third kappa shape index (κ3) is 1.57. The van der Waals surface area contributed by atoms with E-state index in [1.54, 1.807) is 6.07 Å². The molecule has 1 unspecified atom stereocenters. The number of nitrogens with two attached hydrogens (primary N) is 1. The lowest BCUT2D eigenvalue weighted by molar-refractivity contribution is 0.241. The van der Waals surface area contributed by atoms with Crippen molar-refractivity contribution in [1.82, 2.24) is 0 Å². The number of hydrogen-bond acceptors (Lipinski definition) is 2. The molecule has 0 aliphatic carbocycles. The van der Waals surface area contributed by atoms with Crippen LogP contribution in [0, 0.1) is 0 Å². The van der Waals surface area contributed by atoms with Crippen molar-refractivity contribution in [2.75, 3.05) is 6.54 Å². The summed E-state index contributed by atoms with van der Waals surface area (Å²) in [5, 5.41) is 1.46. The number of halogens is 3. The molecule has 2 N–H and O–H groups in total. The van der Waals surface area contributed by atoms with Crippen LogP contribution in [-0.2, 0) is 6.42 Å². The zero-order valence-electron chi connectivity index (χ0n) is 7.19. The Labute approximate surface area is 96.9 Å². The first kappa shape index (κ1) is 10.4. The minimum absolute atomic E-state index is 0.0431. The van der Waals surface area contributed by atoms with Crippen LogP contribution in [0.2, 0.25) is 15.1 Å². The van der Waals surface area contributed by atoms with Gasteiger partial charge in [0.25, 0.3) is 0 Å². The molecule has 76 valence electrons. The highest BCUT2D eigenvalue weighted by Gasteiger charge is 2.27. The number of hydrogen-bond donors (Lipinski definition) is 1. The summed E-state index contributed by atoms with van der Waals surface area (Å²) in [6, 6.07) is 1.59. The molecule has 1 aliphatic heterocycles. The van der Waals surface area contributed by atoms with Crippen molar-refractivity contribution in [3.63, 3.8) is 0 Å². The monoisotopic (exact) mass is 251 g/mol. The first-order valence-corrected chi connectivity index (χ1v) is 5.30.